The number of rotatable bonds is 11. The van der Waals surface area contributed by atoms with Crippen molar-refractivity contribution >= 4 is 98.3 Å². The molecule has 0 saturated heterocycles. The number of hydrogen-bond donors (Lipinski definition) is 0. The van der Waals surface area contributed by atoms with Crippen LogP contribution in [0, 0.1) is 20.8 Å². The molecule has 12 aromatic carbocycles. The van der Waals surface area contributed by atoms with Crippen LogP contribution in [-0.2, 0) is 0 Å². The van der Waals surface area contributed by atoms with E-state index in [1.165, 1.54) is 60.8 Å². The lowest BCUT2D eigenvalue weighted by molar-refractivity contribution is 0.415. The second-order valence-electron chi connectivity index (χ2n) is 19.0. The van der Waals surface area contributed by atoms with E-state index in [1.54, 1.807) is 7.11 Å². The lowest BCUT2D eigenvalue weighted by atomic mass is 9.91. The Labute approximate surface area is 444 Å². The van der Waals surface area contributed by atoms with E-state index in [-0.39, 0.29) is 0 Å². The lowest BCUT2D eigenvalue weighted by Gasteiger charge is -2.30. The number of ether oxygens (including phenoxy) is 1. The molecule has 73 heavy (non-hydrogen) atoms. The standard InChI is InChI=1S/C68H50Br2N2O/c1-43-5-11-46(12-6-43)49-17-27-54(28-18-49)71(55-29-19-50(20-30-55)47-13-7-44(2)8-14-47)65-41-63(69)59-38-40-62-66(42-64(70)60-37-39-61(65)67(59)68(60)62)72(56-31-21-51(22-32-56)48-15-9-45(3)10-16-48)57-33-23-52(24-34-57)53-25-35-58(73-4)36-26-53/h5-42H,1-4H3. The van der Waals surface area contributed by atoms with Crippen molar-refractivity contribution in [1.29, 1.82) is 0 Å². The Balaban J connectivity index is 1.04. The van der Waals surface area contributed by atoms with Gasteiger partial charge in [-0.1, -0.05) is 206 Å². The molecule has 0 aromatic heterocycles. The van der Waals surface area contributed by atoms with Crippen molar-refractivity contribution in [3.63, 3.8) is 0 Å². The van der Waals surface area contributed by atoms with E-state index in [0.717, 1.165) is 81.5 Å². The van der Waals surface area contributed by atoms with Crippen LogP contribution in [0.25, 0.3) is 76.8 Å². The summed E-state index contributed by atoms with van der Waals surface area (Å²) in [5, 5.41) is 7.01. The summed E-state index contributed by atoms with van der Waals surface area (Å²) in [5.74, 6) is 0.840. The predicted octanol–water partition coefficient (Wildman–Crippen LogP) is 20.7. The van der Waals surface area contributed by atoms with E-state index in [0.29, 0.717) is 0 Å². The van der Waals surface area contributed by atoms with Gasteiger partial charge < -0.3 is 14.5 Å². The summed E-state index contributed by atoms with van der Waals surface area (Å²) < 4.78 is 7.53. The number of nitrogens with zero attached hydrogens (tertiary/aromatic N) is 2. The van der Waals surface area contributed by atoms with E-state index < -0.39 is 0 Å². The minimum Gasteiger partial charge on any atom is -0.497 e. The monoisotopic (exact) mass is 1070 g/mol. The van der Waals surface area contributed by atoms with Crippen LogP contribution in [0.15, 0.2) is 239 Å². The molecule has 0 N–H and O–H groups in total. The van der Waals surface area contributed by atoms with Crippen molar-refractivity contribution < 1.29 is 4.74 Å². The quantitative estimate of drug-likeness (QED) is 0.120. The van der Waals surface area contributed by atoms with Crippen LogP contribution >= 0.6 is 31.9 Å². The number of methoxy groups -OCH3 is 1. The Hall–Kier alpha value is -7.96. The average Bonchev–Trinajstić information content (AvgIpc) is 3.43. The molecular weight excluding hydrogens is 1020 g/mol. The van der Waals surface area contributed by atoms with Crippen molar-refractivity contribution in [2.45, 2.75) is 20.8 Å². The Morgan fingerprint density at radius 3 is 0.781 bits per heavy atom. The molecule has 352 valence electrons. The van der Waals surface area contributed by atoms with Crippen molar-refractivity contribution in [1.82, 2.24) is 0 Å². The van der Waals surface area contributed by atoms with Crippen LogP contribution in [0.1, 0.15) is 16.7 Å². The lowest BCUT2D eigenvalue weighted by Crippen LogP contribution is -2.12. The summed E-state index contributed by atoms with van der Waals surface area (Å²) >= 11 is 8.30. The third kappa shape index (κ3) is 8.73. The summed E-state index contributed by atoms with van der Waals surface area (Å²) in [4.78, 5) is 4.82. The molecule has 0 unspecified atom stereocenters. The third-order valence-electron chi connectivity index (χ3n) is 14.3. The number of hydrogen-bond acceptors (Lipinski definition) is 3. The van der Waals surface area contributed by atoms with E-state index >= 15 is 0 Å². The van der Waals surface area contributed by atoms with Gasteiger partial charge in [-0.3, -0.25) is 0 Å². The van der Waals surface area contributed by atoms with Crippen LogP contribution in [0.5, 0.6) is 5.75 Å². The topological polar surface area (TPSA) is 15.7 Å². The predicted molar refractivity (Wildman–Crippen MR) is 317 cm³/mol. The second-order valence-corrected chi connectivity index (χ2v) is 20.7. The number of halogens is 2. The molecule has 0 radical (unpaired) electrons. The maximum Gasteiger partial charge on any atom is 0.118 e. The van der Waals surface area contributed by atoms with Gasteiger partial charge in [0, 0.05) is 53.2 Å². The molecule has 3 nitrogen and oxygen atoms in total. The van der Waals surface area contributed by atoms with Crippen LogP contribution in [0.2, 0.25) is 0 Å². The van der Waals surface area contributed by atoms with E-state index in [9.17, 15) is 0 Å². The molecule has 0 bridgehead atoms. The number of benzene rings is 12. The Bertz CT molecular complexity index is 3840. The molecule has 0 aliphatic rings. The number of anilines is 6. The minimum absolute atomic E-state index is 0.840. The van der Waals surface area contributed by atoms with Crippen molar-refractivity contribution in [2.75, 3.05) is 16.9 Å². The maximum atomic E-state index is 5.47. The van der Waals surface area contributed by atoms with Crippen molar-refractivity contribution in [2.24, 2.45) is 0 Å². The first kappa shape index (κ1) is 46.1. The SMILES string of the molecule is COc1ccc(-c2ccc(N(c3ccc(-c4ccc(C)cc4)cc3)c3cc(Br)c4ccc5c(N(c6ccc(-c7ccc(C)cc7)cc6)c6ccc(-c7ccc(C)cc7)cc6)cc(Br)c6ccc3c4c65)cc2)cc1. The second kappa shape index (κ2) is 19.2. The maximum absolute atomic E-state index is 5.47. The van der Waals surface area contributed by atoms with Gasteiger partial charge in [-0.2, -0.15) is 0 Å². The Kier molecular flexibility index (Phi) is 12.2. The minimum atomic E-state index is 0.840. The summed E-state index contributed by atoms with van der Waals surface area (Å²) in [6.07, 6.45) is 0. The highest BCUT2D eigenvalue weighted by Crippen LogP contribution is 2.51. The molecule has 5 heteroatoms. The number of aryl methyl sites for hydroxylation is 3. The molecule has 0 spiro atoms. The molecule has 0 heterocycles. The zero-order chi connectivity index (χ0) is 49.7. The zero-order valence-corrected chi connectivity index (χ0v) is 44.2. The third-order valence-corrected chi connectivity index (χ3v) is 15.6. The van der Waals surface area contributed by atoms with Crippen molar-refractivity contribution in [3.8, 4) is 50.3 Å². The first-order chi connectivity index (χ1) is 35.7. The van der Waals surface area contributed by atoms with Crippen LogP contribution in [-0.4, -0.2) is 7.11 Å². The molecule has 0 fully saturated rings. The largest absolute Gasteiger partial charge is 0.497 e. The first-order valence-corrected chi connectivity index (χ1v) is 26.2. The first-order valence-electron chi connectivity index (χ1n) is 24.6. The van der Waals surface area contributed by atoms with Gasteiger partial charge in [0.25, 0.3) is 0 Å². The summed E-state index contributed by atoms with van der Waals surface area (Å²) in [5.41, 5.74) is 19.5. The Morgan fingerprint density at radius 1 is 0.288 bits per heavy atom. The molecule has 12 aromatic rings. The van der Waals surface area contributed by atoms with Gasteiger partial charge >= 0.3 is 0 Å². The van der Waals surface area contributed by atoms with Gasteiger partial charge in [0.1, 0.15) is 5.75 Å². The van der Waals surface area contributed by atoms with Gasteiger partial charge in [-0.15, -0.1) is 0 Å². The molecule has 0 atom stereocenters. The highest BCUT2D eigenvalue weighted by atomic mass is 79.9. The highest BCUT2D eigenvalue weighted by molar-refractivity contribution is 9.11. The molecule has 0 aliphatic carbocycles. The summed E-state index contributed by atoms with van der Waals surface area (Å²) in [6.45, 7) is 6.40. The molecular formula is C68H50Br2N2O. The molecule has 12 rings (SSSR count). The summed E-state index contributed by atoms with van der Waals surface area (Å²) in [6, 6.07) is 84.2. The molecule has 0 saturated carbocycles. The average molecular weight is 1070 g/mol. The van der Waals surface area contributed by atoms with E-state index in [2.05, 4.69) is 281 Å². The highest BCUT2D eigenvalue weighted by Gasteiger charge is 2.25. The van der Waals surface area contributed by atoms with Gasteiger partial charge in [-0.25, -0.2) is 0 Å². The summed E-state index contributed by atoms with van der Waals surface area (Å²) in [7, 11) is 1.70. The van der Waals surface area contributed by atoms with Gasteiger partial charge in [0.05, 0.1) is 18.5 Å². The fraction of sp³-hybridized carbons (Fsp3) is 0.0588. The van der Waals surface area contributed by atoms with E-state index in [4.69, 9.17) is 4.74 Å². The van der Waals surface area contributed by atoms with Crippen LogP contribution in [0.3, 0.4) is 0 Å². The molecule has 0 aliphatic heterocycles. The van der Waals surface area contributed by atoms with Gasteiger partial charge in [-0.05, 0) is 149 Å². The van der Waals surface area contributed by atoms with Gasteiger partial charge in [0.2, 0.25) is 0 Å². The zero-order valence-electron chi connectivity index (χ0n) is 41.0. The van der Waals surface area contributed by atoms with Crippen LogP contribution < -0.4 is 14.5 Å². The molecule has 0 amide bonds. The van der Waals surface area contributed by atoms with Crippen LogP contribution in [0.4, 0.5) is 34.1 Å². The smallest absolute Gasteiger partial charge is 0.118 e. The fourth-order valence-electron chi connectivity index (χ4n) is 10.3. The fourth-order valence-corrected chi connectivity index (χ4v) is 11.4. The Morgan fingerprint density at radius 2 is 0.521 bits per heavy atom. The normalized spacial score (nSPS) is 11.4. The van der Waals surface area contributed by atoms with E-state index in [1.807, 2.05) is 12.1 Å². The van der Waals surface area contributed by atoms with Gasteiger partial charge in [0.15, 0.2) is 0 Å². The van der Waals surface area contributed by atoms with Crippen molar-refractivity contribution in [3.05, 3.63) is 256 Å².